The Kier molecular flexibility index (Phi) is 6.98. The van der Waals surface area contributed by atoms with Crippen molar-refractivity contribution < 1.29 is 33.3 Å². The van der Waals surface area contributed by atoms with Crippen molar-refractivity contribution >= 4 is 34.3 Å². The third-order valence-corrected chi connectivity index (χ3v) is 6.56. The Morgan fingerprint density at radius 2 is 1.71 bits per heavy atom. The van der Waals surface area contributed by atoms with Crippen LogP contribution in [0.15, 0.2) is 88.5 Å². The molecule has 0 aliphatic carbocycles. The number of ketones is 1. The van der Waals surface area contributed by atoms with Crippen LogP contribution in [0.3, 0.4) is 0 Å². The Morgan fingerprint density at radius 3 is 2.45 bits per heavy atom. The van der Waals surface area contributed by atoms with Crippen molar-refractivity contribution in [3.8, 4) is 17.2 Å². The summed E-state index contributed by atoms with van der Waals surface area (Å²) >= 11 is 6.08. The quantitative estimate of drug-likeness (QED) is 0.273. The number of ether oxygens (including phenoxy) is 3. The van der Waals surface area contributed by atoms with E-state index in [-0.39, 0.29) is 24.5 Å². The van der Waals surface area contributed by atoms with Crippen LogP contribution in [0, 0.1) is 0 Å². The minimum Gasteiger partial charge on any atom is -0.503 e. The predicted octanol–water partition coefficient (Wildman–Crippen LogP) is 5.76. The highest BCUT2D eigenvalue weighted by atomic mass is 35.5. The van der Waals surface area contributed by atoms with E-state index in [9.17, 15) is 14.7 Å². The molecular formula is C29H24ClNO7. The molecule has 1 N–H and O–H groups in total. The van der Waals surface area contributed by atoms with E-state index >= 15 is 0 Å². The molecule has 0 bridgehead atoms. The van der Waals surface area contributed by atoms with E-state index in [1.54, 1.807) is 79.9 Å². The monoisotopic (exact) mass is 533 g/mol. The fourth-order valence-electron chi connectivity index (χ4n) is 4.47. The molecule has 4 aromatic rings. The van der Waals surface area contributed by atoms with E-state index in [2.05, 4.69) is 0 Å². The summed E-state index contributed by atoms with van der Waals surface area (Å²) in [5.74, 6) is -0.110. The highest BCUT2D eigenvalue weighted by Gasteiger charge is 2.44. The van der Waals surface area contributed by atoms with Gasteiger partial charge in [-0.15, -0.1) is 0 Å². The van der Waals surface area contributed by atoms with Crippen LogP contribution in [0.4, 0.5) is 0 Å². The van der Waals surface area contributed by atoms with E-state index in [0.717, 1.165) is 0 Å². The first-order valence-electron chi connectivity index (χ1n) is 11.8. The van der Waals surface area contributed by atoms with Gasteiger partial charge in [0, 0.05) is 10.4 Å². The number of methoxy groups -OCH3 is 2. The molecule has 1 aliphatic rings. The van der Waals surface area contributed by atoms with Gasteiger partial charge in [0.2, 0.25) is 5.78 Å². The molecule has 2 heterocycles. The van der Waals surface area contributed by atoms with Crippen LogP contribution in [0.2, 0.25) is 5.02 Å². The van der Waals surface area contributed by atoms with Gasteiger partial charge in [-0.05, 0) is 66.2 Å². The molecule has 3 aromatic carbocycles. The van der Waals surface area contributed by atoms with Crippen LogP contribution in [0.25, 0.3) is 11.0 Å². The smallest absolute Gasteiger partial charge is 0.290 e. The topological polar surface area (TPSA) is 98.4 Å². The van der Waals surface area contributed by atoms with Crippen molar-refractivity contribution in [2.45, 2.75) is 6.04 Å². The van der Waals surface area contributed by atoms with Crippen molar-refractivity contribution in [2.75, 3.05) is 27.4 Å². The number of Topliss-reactive ketones (excluding diaryl/α,β-unsaturated/α-hetero) is 1. The predicted molar refractivity (Wildman–Crippen MR) is 141 cm³/mol. The second-order valence-electron chi connectivity index (χ2n) is 8.59. The summed E-state index contributed by atoms with van der Waals surface area (Å²) in [4.78, 5) is 28.3. The molecule has 8 nitrogen and oxygen atoms in total. The van der Waals surface area contributed by atoms with E-state index in [4.69, 9.17) is 30.2 Å². The van der Waals surface area contributed by atoms with Crippen LogP contribution in [0.1, 0.15) is 22.2 Å². The average molecular weight is 534 g/mol. The molecule has 0 fully saturated rings. The molecular weight excluding hydrogens is 510 g/mol. The summed E-state index contributed by atoms with van der Waals surface area (Å²) in [5, 5.41) is 12.1. The average Bonchev–Trinajstić information content (AvgIpc) is 3.47. The summed E-state index contributed by atoms with van der Waals surface area (Å²) in [5.41, 5.74) is 0.969. The fourth-order valence-corrected chi connectivity index (χ4v) is 4.65. The van der Waals surface area contributed by atoms with Crippen LogP contribution in [0.5, 0.6) is 17.2 Å². The normalized spacial score (nSPS) is 15.3. The Morgan fingerprint density at radius 1 is 0.974 bits per heavy atom. The molecule has 0 spiro atoms. The molecule has 0 saturated carbocycles. The number of amides is 1. The Bertz CT molecular complexity index is 1540. The van der Waals surface area contributed by atoms with Gasteiger partial charge in [0.15, 0.2) is 11.5 Å². The summed E-state index contributed by atoms with van der Waals surface area (Å²) in [7, 11) is 3.10. The number of carbonyl (C=O) groups excluding carboxylic acids is 2. The number of hydrogen-bond acceptors (Lipinski definition) is 7. The standard InChI is InChI=1S/C29H24ClNO7/c1-35-20-7-9-21(10-8-20)37-13-12-31-26(17-4-3-5-22(15-17)36-2)25(28(33)29(31)34)27(32)24-16-18-14-19(30)6-11-23(18)38-24/h3-11,14-16,26,33H,12-13H2,1-2H3. The van der Waals surface area contributed by atoms with E-state index in [1.807, 2.05) is 0 Å². The molecule has 1 aromatic heterocycles. The van der Waals surface area contributed by atoms with Crippen molar-refractivity contribution in [3.05, 3.63) is 100 Å². The van der Waals surface area contributed by atoms with Crippen LogP contribution in [-0.2, 0) is 4.79 Å². The number of aliphatic hydroxyl groups excluding tert-OH is 1. The highest BCUT2D eigenvalue weighted by Crippen LogP contribution is 2.40. The van der Waals surface area contributed by atoms with Gasteiger partial charge in [-0.3, -0.25) is 9.59 Å². The largest absolute Gasteiger partial charge is 0.503 e. The maximum Gasteiger partial charge on any atom is 0.290 e. The fraction of sp³-hybridized carbons (Fsp3) is 0.172. The Labute approximate surface area is 223 Å². The van der Waals surface area contributed by atoms with Gasteiger partial charge in [-0.25, -0.2) is 0 Å². The third kappa shape index (κ3) is 4.78. The number of aliphatic hydroxyl groups is 1. The second-order valence-corrected chi connectivity index (χ2v) is 9.02. The molecule has 1 atom stereocenters. The van der Waals surface area contributed by atoms with Gasteiger partial charge < -0.3 is 28.6 Å². The number of rotatable bonds is 9. The number of furan rings is 1. The van der Waals surface area contributed by atoms with Gasteiger partial charge in [-0.2, -0.15) is 0 Å². The lowest BCUT2D eigenvalue weighted by Gasteiger charge is -2.27. The van der Waals surface area contributed by atoms with Gasteiger partial charge in [0.05, 0.1) is 32.4 Å². The summed E-state index contributed by atoms with van der Waals surface area (Å²) in [6.45, 7) is 0.222. The number of hydrogen-bond donors (Lipinski definition) is 1. The minimum atomic E-state index is -0.888. The van der Waals surface area contributed by atoms with Crippen molar-refractivity contribution in [3.63, 3.8) is 0 Å². The molecule has 9 heteroatoms. The summed E-state index contributed by atoms with van der Waals surface area (Å²) < 4.78 is 22.1. The zero-order valence-corrected chi connectivity index (χ0v) is 21.4. The molecule has 1 unspecified atom stereocenters. The van der Waals surface area contributed by atoms with Gasteiger partial charge >= 0.3 is 0 Å². The van der Waals surface area contributed by atoms with E-state index < -0.39 is 23.5 Å². The first kappa shape index (κ1) is 25.2. The van der Waals surface area contributed by atoms with Crippen LogP contribution < -0.4 is 14.2 Å². The summed E-state index contributed by atoms with van der Waals surface area (Å²) in [6.07, 6.45) is 0. The molecule has 0 radical (unpaired) electrons. The van der Waals surface area contributed by atoms with Gasteiger partial charge in [0.1, 0.15) is 29.4 Å². The second kappa shape index (κ2) is 10.5. The van der Waals surface area contributed by atoms with Gasteiger partial charge in [-0.1, -0.05) is 23.7 Å². The number of benzene rings is 3. The van der Waals surface area contributed by atoms with Crippen LogP contribution >= 0.6 is 11.6 Å². The Hall–Kier alpha value is -4.43. The SMILES string of the molecule is COc1ccc(OCCN2C(=O)C(O)=C(C(=O)c3cc4cc(Cl)ccc4o3)C2c2cccc(OC)c2)cc1. The molecule has 38 heavy (non-hydrogen) atoms. The van der Waals surface area contributed by atoms with Crippen molar-refractivity contribution in [2.24, 2.45) is 0 Å². The maximum atomic E-state index is 13.7. The van der Waals surface area contributed by atoms with E-state index in [0.29, 0.717) is 38.8 Å². The number of halogens is 1. The molecule has 194 valence electrons. The van der Waals surface area contributed by atoms with Gasteiger partial charge in [0.25, 0.3) is 5.91 Å². The lowest BCUT2D eigenvalue weighted by molar-refractivity contribution is -0.129. The first-order chi connectivity index (χ1) is 18.4. The van der Waals surface area contributed by atoms with E-state index in [1.165, 1.54) is 12.0 Å². The first-order valence-corrected chi connectivity index (χ1v) is 12.2. The number of fused-ring (bicyclic) bond motifs is 1. The molecule has 1 amide bonds. The zero-order valence-electron chi connectivity index (χ0n) is 20.6. The minimum absolute atomic E-state index is 0.0131. The molecule has 5 rings (SSSR count). The third-order valence-electron chi connectivity index (χ3n) is 6.32. The molecule has 0 saturated heterocycles. The number of carbonyl (C=O) groups is 2. The Balaban J connectivity index is 1.47. The number of nitrogens with zero attached hydrogens (tertiary/aromatic N) is 1. The van der Waals surface area contributed by atoms with Crippen molar-refractivity contribution in [1.29, 1.82) is 0 Å². The lowest BCUT2D eigenvalue weighted by atomic mass is 9.95. The maximum absolute atomic E-state index is 13.7. The lowest BCUT2D eigenvalue weighted by Crippen LogP contribution is -2.34. The van der Waals surface area contributed by atoms with Crippen molar-refractivity contribution in [1.82, 2.24) is 4.90 Å². The zero-order chi connectivity index (χ0) is 26.8. The highest BCUT2D eigenvalue weighted by molar-refractivity contribution is 6.31. The van der Waals surface area contributed by atoms with Crippen LogP contribution in [-0.4, -0.2) is 49.1 Å². The molecule has 1 aliphatic heterocycles. The summed E-state index contributed by atoms with van der Waals surface area (Å²) in [6, 6.07) is 19.7.